The summed E-state index contributed by atoms with van der Waals surface area (Å²) in [6.07, 6.45) is 4.81. The molecule has 0 saturated heterocycles. The lowest BCUT2D eigenvalue weighted by molar-refractivity contribution is -0.128. The molecular formula is C22H17NO3. The fraction of sp³-hybridized carbons (Fsp3) is 0. The minimum absolute atomic E-state index is 0.205. The minimum atomic E-state index is -0.431. The number of esters is 1. The molecule has 0 fully saturated rings. The highest BCUT2D eigenvalue weighted by Crippen LogP contribution is 2.17. The SMILES string of the molecule is O=C(/C=C/c1ccccc1)Oc1ccc(C=Nc2ccc(O)cc2)cc1. The lowest BCUT2D eigenvalue weighted by Gasteiger charge is -2.01. The largest absolute Gasteiger partial charge is 0.508 e. The van der Waals surface area contributed by atoms with Crippen molar-refractivity contribution >= 4 is 23.9 Å². The van der Waals surface area contributed by atoms with Crippen LogP contribution in [0.2, 0.25) is 0 Å². The molecule has 4 heteroatoms. The van der Waals surface area contributed by atoms with Gasteiger partial charge in [0.25, 0.3) is 0 Å². The first-order valence-corrected chi connectivity index (χ1v) is 8.07. The Hall–Kier alpha value is -3.66. The van der Waals surface area contributed by atoms with Crippen LogP contribution >= 0.6 is 0 Å². The number of nitrogens with zero attached hydrogens (tertiary/aromatic N) is 1. The maximum Gasteiger partial charge on any atom is 0.336 e. The predicted molar refractivity (Wildman–Crippen MR) is 103 cm³/mol. The molecule has 0 aliphatic rings. The van der Waals surface area contributed by atoms with Gasteiger partial charge >= 0.3 is 5.97 Å². The molecule has 0 amide bonds. The predicted octanol–water partition coefficient (Wildman–Crippen LogP) is 4.76. The maximum absolute atomic E-state index is 11.9. The van der Waals surface area contributed by atoms with Crippen LogP contribution in [0.1, 0.15) is 11.1 Å². The van der Waals surface area contributed by atoms with E-state index in [9.17, 15) is 9.90 Å². The molecule has 1 N–H and O–H groups in total. The summed E-state index contributed by atoms with van der Waals surface area (Å²) < 4.78 is 5.27. The van der Waals surface area contributed by atoms with Crippen molar-refractivity contribution in [2.75, 3.05) is 0 Å². The molecule has 3 aromatic rings. The molecule has 0 aliphatic heterocycles. The molecule has 0 atom stereocenters. The van der Waals surface area contributed by atoms with Crippen molar-refractivity contribution in [3.05, 3.63) is 96.1 Å². The van der Waals surface area contributed by atoms with Gasteiger partial charge in [-0.15, -0.1) is 0 Å². The molecular weight excluding hydrogens is 326 g/mol. The number of ether oxygens (including phenoxy) is 1. The van der Waals surface area contributed by atoms with Crippen molar-refractivity contribution in [2.24, 2.45) is 4.99 Å². The maximum atomic E-state index is 11.9. The molecule has 0 aliphatic carbocycles. The fourth-order valence-electron chi connectivity index (χ4n) is 2.19. The third-order valence-corrected chi connectivity index (χ3v) is 3.52. The van der Waals surface area contributed by atoms with Crippen molar-refractivity contribution in [1.29, 1.82) is 0 Å². The van der Waals surface area contributed by atoms with Crippen molar-refractivity contribution in [2.45, 2.75) is 0 Å². The summed E-state index contributed by atoms with van der Waals surface area (Å²) in [5, 5.41) is 9.25. The second-order valence-electron chi connectivity index (χ2n) is 5.51. The van der Waals surface area contributed by atoms with Gasteiger partial charge in [-0.05, 0) is 65.7 Å². The van der Waals surface area contributed by atoms with Crippen molar-refractivity contribution in [1.82, 2.24) is 0 Å². The highest BCUT2D eigenvalue weighted by Gasteiger charge is 2.00. The van der Waals surface area contributed by atoms with Crippen LogP contribution in [0.4, 0.5) is 5.69 Å². The van der Waals surface area contributed by atoms with Gasteiger partial charge in [-0.2, -0.15) is 0 Å². The lowest BCUT2D eigenvalue weighted by atomic mass is 10.2. The summed E-state index contributed by atoms with van der Waals surface area (Å²) in [6.45, 7) is 0. The molecule has 0 unspecified atom stereocenters. The third kappa shape index (κ3) is 5.18. The smallest absolute Gasteiger partial charge is 0.336 e. The minimum Gasteiger partial charge on any atom is -0.508 e. The number of phenols is 1. The van der Waals surface area contributed by atoms with Gasteiger partial charge in [0.1, 0.15) is 11.5 Å². The molecule has 0 bridgehead atoms. The van der Waals surface area contributed by atoms with Crippen LogP contribution in [-0.4, -0.2) is 17.3 Å². The number of aliphatic imine (C=N–C) groups is 1. The van der Waals surface area contributed by atoms with Crippen LogP contribution in [0.25, 0.3) is 6.08 Å². The van der Waals surface area contributed by atoms with E-state index in [-0.39, 0.29) is 5.75 Å². The van der Waals surface area contributed by atoms with E-state index >= 15 is 0 Å². The van der Waals surface area contributed by atoms with E-state index < -0.39 is 5.97 Å². The number of hydrogen-bond acceptors (Lipinski definition) is 4. The van der Waals surface area contributed by atoms with Gasteiger partial charge < -0.3 is 9.84 Å². The molecule has 3 rings (SSSR count). The summed E-state index contributed by atoms with van der Waals surface area (Å²) in [5.41, 5.74) is 2.55. The Morgan fingerprint density at radius 3 is 2.23 bits per heavy atom. The average molecular weight is 343 g/mol. The molecule has 0 aromatic heterocycles. The lowest BCUT2D eigenvalue weighted by Crippen LogP contribution is -2.03. The Balaban J connectivity index is 1.58. The molecule has 0 heterocycles. The van der Waals surface area contributed by atoms with Crippen LogP contribution in [-0.2, 0) is 4.79 Å². The first kappa shape index (κ1) is 17.2. The van der Waals surface area contributed by atoms with Crippen molar-refractivity contribution in [3.8, 4) is 11.5 Å². The third-order valence-electron chi connectivity index (χ3n) is 3.52. The van der Waals surface area contributed by atoms with Gasteiger partial charge in [-0.25, -0.2) is 4.79 Å². The summed E-state index contributed by atoms with van der Waals surface area (Å²) in [4.78, 5) is 16.2. The Labute approximate surface area is 151 Å². The van der Waals surface area contributed by atoms with Gasteiger partial charge in [0.15, 0.2) is 0 Å². The first-order valence-electron chi connectivity index (χ1n) is 8.07. The van der Waals surface area contributed by atoms with Crippen molar-refractivity contribution in [3.63, 3.8) is 0 Å². The molecule has 0 radical (unpaired) electrons. The van der Waals surface area contributed by atoms with E-state index in [0.717, 1.165) is 16.8 Å². The average Bonchev–Trinajstić information content (AvgIpc) is 2.68. The van der Waals surface area contributed by atoms with Crippen molar-refractivity contribution < 1.29 is 14.6 Å². The molecule has 4 nitrogen and oxygen atoms in total. The summed E-state index contributed by atoms with van der Waals surface area (Å²) in [5.74, 6) is 0.241. The van der Waals surface area contributed by atoms with Crippen LogP contribution < -0.4 is 4.74 Å². The molecule has 3 aromatic carbocycles. The summed E-state index contributed by atoms with van der Waals surface area (Å²) in [6, 6.07) is 23.2. The number of rotatable bonds is 5. The van der Waals surface area contributed by atoms with E-state index in [1.165, 1.54) is 6.08 Å². The normalized spacial score (nSPS) is 11.1. The van der Waals surface area contributed by atoms with E-state index in [1.807, 2.05) is 42.5 Å². The van der Waals surface area contributed by atoms with Crippen LogP contribution in [0.15, 0.2) is 89.9 Å². The van der Waals surface area contributed by atoms with Gasteiger partial charge in [0.2, 0.25) is 0 Å². The second kappa shape index (κ2) is 8.44. The molecule has 26 heavy (non-hydrogen) atoms. The standard InChI is InChI=1S/C22H17NO3/c24-20-11-9-19(10-12-20)23-16-18-6-13-21(14-7-18)26-22(25)15-8-17-4-2-1-3-5-17/h1-16,24H/b15-8+,23-16?. The number of hydrogen-bond donors (Lipinski definition) is 1. The number of aromatic hydroxyl groups is 1. The van der Waals surface area contributed by atoms with Gasteiger partial charge in [-0.3, -0.25) is 4.99 Å². The Morgan fingerprint density at radius 2 is 1.54 bits per heavy atom. The van der Waals surface area contributed by atoms with Gasteiger partial charge in [0.05, 0.1) is 5.69 Å². The number of carbonyl (C=O) groups is 1. The van der Waals surface area contributed by atoms with Gasteiger partial charge in [0, 0.05) is 12.3 Å². The van der Waals surface area contributed by atoms with Crippen LogP contribution in [0.5, 0.6) is 11.5 Å². The number of carbonyl (C=O) groups excluding carboxylic acids is 1. The topological polar surface area (TPSA) is 58.9 Å². The zero-order valence-corrected chi connectivity index (χ0v) is 13.9. The van der Waals surface area contributed by atoms with Crippen LogP contribution in [0.3, 0.4) is 0 Å². The summed E-state index contributed by atoms with van der Waals surface area (Å²) in [7, 11) is 0. The Bertz CT molecular complexity index is 912. The molecule has 0 spiro atoms. The molecule has 128 valence electrons. The summed E-state index contributed by atoms with van der Waals surface area (Å²) >= 11 is 0. The second-order valence-corrected chi connectivity index (χ2v) is 5.51. The zero-order chi connectivity index (χ0) is 18.2. The highest BCUT2D eigenvalue weighted by atomic mass is 16.5. The Kier molecular flexibility index (Phi) is 5.58. The monoisotopic (exact) mass is 343 g/mol. The highest BCUT2D eigenvalue weighted by molar-refractivity contribution is 5.89. The van der Waals surface area contributed by atoms with Gasteiger partial charge in [-0.1, -0.05) is 30.3 Å². The fourth-order valence-corrected chi connectivity index (χ4v) is 2.19. The Morgan fingerprint density at radius 1 is 0.846 bits per heavy atom. The van der Waals surface area contributed by atoms with E-state index in [0.29, 0.717) is 5.75 Å². The quantitative estimate of drug-likeness (QED) is 0.314. The van der Waals surface area contributed by atoms with Crippen LogP contribution in [0, 0.1) is 0 Å². The molecule has 0 saturated carbocycles. The van der Waals surface area contributed by atoms with E-state index in [2.05, 4.69) is 4.99 Å². The number of benzene rings is 3. The van der Waals surface area contributed by atoms with E-state index in [1.54, 1.807) is 48.7 Å². The number of phenolic OH excluding ortho intramolecular Hbond substituents is 1. The van der Waals surface area contributed by atoms with E-state index in [4.69, 9.17) is 4.74 Å². The zero-order valence-electron chi connectivity index (χ0n) is 13.9. The first-order chi connectivity index (χ1) is 12.7.